The Bertz CT molecular complexity index is 1120. The molecule has 1 atom stereocenters. The molecule has 1 saturated carbocycles. The van der Waals surface area contributed by atoms with E-state index in [-0.39, 0.29) is 5.91 Å². The molecule has 7 nitrogen and oxygen atoms in total. The van der Waals surface area contributed by atoms with Crippen molar-refractivity contribution in [2.75, 3.05) is 18.0 Å². The van der Waals surface area contributed by atoms with E-state index in [1.807, 2.05) is 11.0 Å². The first-order valence-corrected chi connectivity index (χ1v) is 11.8. The number of benzene rings is 1. The number of furan rings is 1. The fraction of sp³-hybridized carbons (Fsp3) is 0.480. The van der Waals surface area contributed by atoms with E-state index in [2.05, 4.69) is 46.3 Å². The van der Waals surface area contributed by atoms with Crippen LogP contribution < -0.4 is 4.90 Å². The lowest BCUT2D eigenvalue weighted by Crippen LogP contribution is -2.38. The largest absolute Gasteiger partial charge is 0.467 e. The summed E-state index contributed by atoms with van der Waals surface area (Å²) >= 11 is 0. The van der Waals surface area contributed by atoms with Gasteiger partial charge in [-0.2, -0.15) is 5.10 Å². The molecule has 1 aliphatic carbocycles. The van der Waals surface area contributed by atoms with Crippen LogP contribution in [0.3, 0.4) is 0 Å². The Morgan fingerprint density at radius 1 is 1.12 bits per heavy atom. The molecule has 1 saturated heterocycles. The summed E-state index contributed by atoms with van der Waals surface area (Å²) in [6.45, 7) is 4.31. The molecule has 1 N–H and O–H groups in total. The molecule has 3 aliphatic rings. The number of aromatic nitrogens is 3. The quantitative estimate of drug-likeness (QED) is 0.654. The minimum atomic E-state index is 0.0728. The van der Waals surface area contributed by atoms with Crippen LogP contribution in [0.4, 0.5) is 5.69 Å². The standard InChI is InChI=1S/C25H29N5O2/c1-16-14-19-4-2-3-5-21(19)30(16)15-22-20(10-13-32-22)25(31)29-11-8-18(9-12-29)24-26-23(27-28-24)17-6-7-17/h2-5,10,13,16-18H,6-9,11-12,14-15H2,1H3,(H,26,27,28). The first kappa shape index (κ1) is 19.6. The Hall–Kier alpha value is -3.09. The molecule has 4 heterocycles. The number of carbonyl (C=O) groups is 1. The zero-order valence-corrected chi connectivity index (χ0v) is 18.5. The lowest BCUT2D eigenvalue weighted by atomic mass is 9.95. The third-order valence-electron chi connectivity index (χ3n) is 7.27. The number of aromatic amines is 1. The average Bonchev–Trinajstić information content (AvgIpc) is 3.23. The van der Waals surface area contributed by atoms with E-state index in [0.29, 0.717) is 30.0 Å². The number of H-pyrrole nitrogens is 1. The number of hydrogen-bond donors (Lipinski definition) is 1. The highest BCUT2D eigenvalue weighted by Gasteiger charge is 2.32. The molecule has 2 fully saturated rings. The minimum Gasteiger partial charge on any atom is -0.467 e. The number of piperidine rings is 1. The van der Waals surface area contributed by atoms with Gasteiger partial charge in [-0.1, -0.05) is 18.2 Å². The molecule has 1 unspecified atom stereocenters. The summed E-state index contributed by atoms with van der Waals surface area (Å²) in [6.07, 6.45) is 6.91. The van der Waals surface area contributed by atoms with Gasteiger partial charge >= 0.3 is 0 Å². The van der Waals surface area contributed by atoms with Crippen LogP contribution in [-0.2, 0) is 13.0 Å². The molecule has 166 valence electrons. The maximum Gasteiger partial charge on any atom is 0.257 e. The van der Waals surface area contributed by atoms with E-state index in [0.717, 1.165) is 49.8 Å². The molecule has 0 radical (unpaired) electrons. The predicted molar refractivity (Wildman–Crippen MR) is 121 cm³/mol. The maximum atomic E-state index is 13.3. The highest BCUT2D eigenvalue weighted by atomic mass is 16.3. The maximum absolute atomic E-state index is 13.3. The van der Waals surface area contributed by atoms with Gasteiger partial charge in [-0.05, 0) is 56.7 Å². The van der Waals surface area contributed by atoms with Crippen molar-refractivity contribution in [3.63, 3.8) is 0 Å². The van der Waals surface area contributed by atoms with Crippen LogP contribution in [0.25, 0.3) is 0 Å². The predicted octanol–water partition coefficient (Wildman–Crippen LogP) is 4.25. The summed E-state index contributed by atoms with van der Waals surface area (Å²) in [5, 5.41) is 7.54. The molecular formula is C25H29N5O2. The molecule has 2 aliphatic heterocycles. The molecule has 1 aromatic carbocycles. The number of anilines is 1. The molecule has 0 spiro atoms. The molecule has 1 amide bonds. The normalized spacial score (nSPS) is 21.2. The summed E-state index contributed by atoms with van der Waals surface area (Å²) in [6, 6.07) is 10.7. The number of fused-ring (bicyclic) bond motifs is 1. The Morgan fingerprint density at radius 3 is 2.75 bits per heavy atom. The third kappa shape index (κ3) is 3.49. The van der Waals surface area contributed by atoms with Crippen molar-refractivity contribution in [2.24, 2.45) is 0 Å². The topological polar surface area (TPSA) is 78.3 Å². The van der Waals surface area contributed by atoms with Crippen molar-refractivity contribution in [1.29, 1.82) is 0 Å². The molecular weight excluding hydrogens is 402 g/mol. The van der Waals surface area contributed by atoms with Crippen molar-refractivity contribution in [1.82, 2.24) is 20.1 Å². The third-order valence-corrected chi connectivity index (χ3v) is 7.27. The number of hydrogen-bond acceptors (Lipinski definition) is 5. The molecule has 2 aromatic heterocycles. The van der Waals surface area contributed by atoms with Crippen LogP contribution in [0.5, 0.6) is 0 Å². The highest BCUT2D eigenvalue weighted by Crippen LogP contribution is 2.39. The SMILES string of the molecule is CC1Cc2ccccc2N1Cc1occc1C(=O)N1CCC(c2nc(C3CC3)n[nH]2)CC1. The van der Waals surface area contributed by atoms with Crippen LogP contribution in [-0.4, -0.2) is 45.1 Å². The van der Waals surface area contributed by atoms with Gasteiger partial charge in [-0.15, -0.1) is 0 Å². The average molecular weight is 432 g/mol. The molecule has 0 bridgehead atoms. The van der Waals surface area contributed by atoms with Crippen molar-refractivity contribution in [3.05, 3.63) is 65.1 Å². The molecule has 7 heteroatoms. The number of para-hydroxylation sites is 1. The van der Waals surface area contributed by atoms with Crippen LogP contribution in [0.15, 0.2) is 41.0 Å². The lowest BCUT2D eigenvalue weighted by Gasteiger charge is -2.31. The second-order valence-corrected chi connectivity index (χ2v) is 9.49. The Kier molecular flexibility index (Phi) is 4.77. The Balaban J connectivity index is 1.12. The lowest BCUT2D eigenvalue weighted by molar-refractivity contribution is 0.0708. The zero-order valence-electron chi connectivity index (χ0n) is 18.5. The summed E-state index contributed by atoms with van der Waals surface area (Å²) in [4.78, 5) is 22.4. The van der Waals surface area contributed by atoms with Crippen LogP contribution in [0.2, 0.25) is 0 Å². The van der Waals surface area contributed by atoms with E-state index in [4.69, 9.17) is 9.40 Å². The fourth-order valence-electron chi connectivity index (χ4n) is 5.20. The number of likely N-dealkylation sites (tertiary alicyclic amines) is 1. The summed E-state index contributed by atoms with van der Waals surface area (Å²) in [7, 11) is 0. The number of nitrogens with one attached hydrogen (secondary N) is 1. The van der Waals surface area contributed by atoms with Gasteiger partial charge in [0.05, 0.1) is 18.4 Å². The smallest absolute Gasteiger partial charge is 0.257 e. The summed E-state index contributed by atoms with van der Waals surface area (Å²) < 4.78 is 5.81. The van der Waals surface area contributed by atoms with Crippen molar-refractivity contribution in [2.45, 2.75) is 63.5 Å². The first-order valence-electron chi connectivity index (χ1n) is 11.8. The van der Waals surface area contributed by atoms with Crippen LogP contribution >= 0.6 is 0 Å². The van der Waals surface area contributed by atoms with Crippen molar-refractivity contribution in [3.8, 4) is 0 Å². The van der Waals surface area contributed by atoms with E-state index >= 15 is 0 Å². The molecule has 32 heavy (non-hydrogen) atoms. The Labute approximate surface area is 187 Å². The molecule has 6 rings (SSSR count). The minimum absolute atomic E-state index is 0.0728. The Morgan fingerprint density at radius 2 is 1.94 bits per heavy atom. The van der Waals surface area contributed by atoms with Gasteiger partial charge < -0.3 is 14.2 Å². The van der Waals surface area contributed by atoms with Crippen LogP contribution in [0.1, 0.15) is 77.8 Å². The number of nitrogens with zero attached hydrogens (tertiary/aromatic N) is 4. The van der Waals surface area contributed by atoms with Gasteiger partial charge in [-0.25, -0.2) is 4.98 Å². The van der Waals surface area contributed by atoms with E-state index in [1.165, 1.54) is 24.1 Å². The molecule has 3 aromatic rings. The van der Waals surface area contributed by atoms with E-state index in [9.17, 15) is 4.79 Å². The van der Waals surface area contributed by atoms with Gasteiger partial charge in [0, 0.05) is 36.7 Å². The summed E-state index contributed by atoms with van der Waals surface area (Å²) in [5.74, 6) is 3.70. The number of amides is 1. The van der Waals surface area contributed by atoms with Crippen LogP contribution in [0, 0.1) is 0 Å². The van der Waals surface area contributed by atoms with Gasteiger partial charge in [0.2, 0.25) is 0 Å². The fourth-order valence-corrected chi connectivity index (χ4v) is 5.20. The number of rotatable bonds is 5. The van der Waals surface area contributed by atoms with E-state index < -0.39 is 0 Å². The van der Waals surface area contributed by atoms with Crippen molar-refractivity contribution >= 4 is 11.6 Å². The zero-order chi connectivity index (χ0) is 21.7. The van der Waals surface area contributed by atoms with Crippen molar-refractivity contribution < 1.29 is 9.21 Å². The van der Waals surface area contributed by atoms with Gasteiger partial charge in [0.1, 0.15) is 11.6 Å². The second kappa shape index (κ2) is 7.80. The summed E-state index contributed by atoms with van der Waals surface area (Å²) in [5.41, 5.74) is 3.29. The second-order valence-electron chi connectivity index (χ2n) is 9.49. The first-order chi connectivity index (χ1) is 15.7. The van der Waals surface area contributed by atoms with Gasteiger partial charge in [-0.3, -0.25) is 9.89 Å². The highest BCUT2D eigenvalue weighted by molar-refractivity contribution is 5.95. The van der Waals surface area contributed by atoms with Gasteiger partial charge in [0.25, 0.3) is 5.91 Å². The van der Waals surface area contributed by atoms with E-state index in [1.54, 1.807) is 6.26 Å². The number of carbonyl (C=O) groups excluding carboxylic acids is 1. The monoisotopic (exact) mass is 431 g/mol. The van der Waals surface area contributed by atoms with Gasteiger partial charge in [0.15, 0.2) is 5.82 Å².